The van der Waals surface area contributed by atoms with Crippen LogP contribution in [0.1, 0.15) is 39.0 Å². The minimum absolute atomic E-state index is 0.429. The summed E-state index contributed by atoms with van der Waals surface area (Å²) in [6.07, 6.45) is 4.89. The van der Waals surface area contributed by atoms with Crippen LogP contribution in [0.4, 0.5) is 0 Å². The van der Waals surface area contributed by atoms with Gasteiger partial charge in [0.1, 0.15) is 0 Å². The molecule has 1 aliphatic heterocycles. The zero-order chi connectivity index (χ0) is 13.6. The Balaban J connectivity index is 2.60. The number of hydrogen-bond acceptors (Lipinski definition) is 3. The van der Waals surface area contributed by atoms with Gasteiger partial charge in [0, 0.05) is 26.7 Å². The van der Waals surface area contributed by atoms with E-state index in [1.54, 1.807) is 11.4 Å². The third kappa shape index (κ3) is 4.19. The number of rotatable bonds is 7. The molecule has 0 aromatic rings. The Bertz CT molecular complexity index is 330. The molecule has 1 unspecified atom stereocenters. The molecule has 1 heterocycles. The van der Waals surface area contributed by atoms with E-state index >= 15 is 0 Å². The first kappa shape index (κ1) is 15.9. The van der Waals surface area contributed by atoms with E-state index in [0.29, 0.717) is 32.1 Å². The van der Waals surface area contributed by atoms with E-state index in [-0.39, 0.29) is 0 Å². The molecule has 0 radical (unpaired) electrons. The maximum absolute atomic E-state index is 12.4. The summed E-state index contributed by atoms with van der Waals surface area (Å²) in [5, 5.41) is 0. The number of unbranched alkanes of at least 4 members (excludes halogenated alkanes) is 1. The maximum Gasteiger partial charge on any atom is 0.281 e. The summed E-state index contributed by atoms with van der Waals surface area (Å²) in [7, 11) is -1.58. The quantitative estimate of drug-likeness (QED) is 0.755. The van der Waals surface area contributed by atoms with Gasteiger partial charge in [-0.25, -0.2) is 0 Å². The third-order valence-corrected chi connectivity index (χ3v) is 5.56. The van der Waals surface area contributed by atoms with Crippen molar-refractivity contribution >= 4 is 10.2 Å². The molecule has 1 fully saturated rings. The van der Waals surface area contributed by atoms with Crippen molar-refractivity contribution in [2.45, 2.75) is 39.0 Å². The molecule has 0 spiro atoms. The summed E-state index contributed by atoms with van der Waals surface area (Å²) in [6.45, 7) is 4.61. The molecule has 0 saturated carbocycles. The van der Waals surface area contributed by atoms with Crippen LogP contribution in [0, 0.1) is 5.92 Å². The zero-order valence-electron chi connectivity index (χ0n) is 11.6. The first-order valence-corrected chi connectivity index (χ1v) is 8.33. The summed E-state index contributed by atoms with van der Waals surface area (Å²) < 4.78 is 27.8. The molecule has 1 atom stereocenters. The third-order valence-electron chi connectivity index (χ3n) is 3.60. The number of nitrogens with zero attached hydrogens (tertiary/aromatic N) is 2. The molecule has 1 aliphatic rings. The van der Waals surface area contributed by atoms with Crippen LogP contribution in [-0.4, -0.2) is 50.3 Å². The van der Waals surface area contributed by atoms with E-state index in [1.165, 1.54) is 4.31 Å². The fraction of sp³-hybridized carbons (Fsp3) is 1.00. The molecular formula is C12H27N3O2S. The predicted octanol–water partition coefficient (Wildman–Crippen LogP) is 1.02. The highest BCUT2D eigenvalue weighted by Crippen LogP contribution is 2.22. The summed E-state index contributed by atoms with van der Waals surface area (Å²) in [5.74, 6) is 0.429. The van der Waals surface area contributed by atoms with Gasteiger partial charge in [0.2, 0.25) is 0 Å². The molecule has 1 saturated heterocycles. The van der Waals surface area contributed by atoms with Gasteiger partial charge in [-0.15, -0.1) is 0 Å². The van der Waals surface area contributed by atoms with Gasteiger partial charge in [-0.1, -0.05) is 13.3 Å². The lowest BCUT2D eigenvalue weighted by Crippen LogP contribution is -2.47. The molecule has 6 heteroatoms. The molecular weight excluding hydrogens is 250 g/mol. The van der Waals surface area contributed by atoms with Gasteiger partial charge in [-0.3, -0.25) is 0 Å². The Morgan fingerprint density at radius 3 is 2.78 bits per heavy atom. The predicted molar refractivity (Wildman–Crippen MR) is 74.4 cm³/mol. The van der Waals surface area contributed by atoms with Crippen LogP contribution in [0.25, 0.3) is 0 Å². The monoisotopic (exact) mass is 277 g/mol. The van der Waals surface area contributed by atoms with Gasteiger partial charge in [-0.2, -0.15) is 17.0 Å². The molecule has 5 nitrogen and oxygen atoms in total. The van der Waals surface area contributed by atoms with E-state index in [1.807, 2.05) is 0 Å². The highest BCUT2D eigenvalue weighted by Gasteiger charge is 2.31. The number of nitrogens with two attached hydrogens (primary N) is 1. The van der Waals surface area contributed by atoms with Crippen LogP contribution >= 0.6 is 0 Å². The molecule has 0 amide bonds. The van der Waals surface area contributed by atoms with Crippen LogP contribution in [0.15, 0.2) is 0 Å². The van der Waals surface area contributed by atoms with E-state index < -0.39 is 10.2 Å². The van der Waals surface area contributed by atoms with Crippen LogP contribution in [0.5, 0.6) is 0 Å². The Morgan fingerprint density at radius 1 is 1.44 bits per heavy atom. The zero-order valence-corrected chi connectivity index (χ0v) is 12.5. The first-order chi connectivity index (χ1) is 8.52. The molecule has 18 heavy (non-hydrogen) atoms. The molecule has 0 aromatic heterocycles. The van der Waals surface area contributed by atoms with Crippen molar-refractivity contribution in [1.82, 2.24) is 8.61 Å². The van der Waals surface area contributed by atoms with Gasteiger partial charge < -0.3 is 5.73 Å². The Hall–Kier alpha value is -0.170. The average molecular weight is 277 g/mol. The normalized spacial score (nSPS) is 22.6. The van der Waals surface area contributed by atoms with Crippen LogP contribution < -0.4 is 5.73 Å². The number of hydrogen-bond donors (Lipinski definition) is 1. The molecule has 0 bridgehead atoms. The van der Waals surface area contributed by atoms with E-state index in [2.05, 4.69) is 6.92 Å². The van der Waals surface area contributed by atoms with Crippen molar-refractivity contribution < 1.29 is 8.42 Å². The van der Waals surface area contributed by atoms with Gasteiger partial charge in [0.15, 0.2) is 0 Å². The first-order valence-electron chi connectivity index (χ1n) is 6.93. The lowest BCUT2D eigenvalue weighted by molar-refractivity contribution is 0.244. The van der Waals surface area contributed by atoms with Crippen molar-refractivity contribution in [2.24, 2.45) is 11.7 Å². The highest BCUT2D eigenvalue weighted by molar-refractivity contribution is 7.86. The van der Waals surface area contributed by atoms with Crippen LogP contribution in [-0.2, 0) is 10.2 Å². The summed E-state index contributed by atoms with van der Waals surface area (Å²) in [5.41, 5.74) is 5.56. The standard InChI is InChI=1S/C12H27N3O2S/c1-3-4-9-14(2)18(16,17)15-10-5-6-12(11-15)7-8-13/h12H,3-11,13H2,1-2H3. The minimum atomic E-state index is -3.26. The second kappa shape index (κ2) is 7.43. The van der Waals surface area contributed by atoms with Crippen molar-refractivity contribution in [2.75, 3.05) is 33.2 Å². The van der Waals surface area contributed by atoms with Crippen molar-refractivity contribution in [3.05, 3.63) is 0 Å². The summed E-state index contributed by atoms with van der Waals surface area (Å²) >= 11 is 0. The highest BCUT2D eigenvalue weighted by atomic mass is 32.2. The SMILES string of the molecule is CCCCN(C)S(=O)(=O)N1CCCC(CCN)C1. The second-order valence-electron chi connectivity index (χ2n) is 5.13. The smallest absolute Gasteiger partial charge is 0.281 e. The lowest BCUT2D eigenvalue weighted by atomic mass is 9.96. The second-order valence-corrected chi connectivity index (χ2v) is 7.16. The van der Waals surface area contributed by atoms with Gasteiger partial charge in [0.25, 0.3) is 10.2 Å². The van der Waals surface area contributed by atoms with E-state index in [4.69, 9.17) is 5.73 Å². The Labute approximate surface area is 112 Å². The van der Waals surface area contributed by atoms with E-state index in [0.717, 1.165) is 32.1 Å². The van der Waals surface area contributed by atoms with Crippen molar-refractivity contribution in [1.29, 1.82) is 0 Å². The van der Waals surface area contributed by atoms with Crippen molar-refractivity contribution in [3.8, 4) is 0 Å². The largest absolute Gasteiger partial charge is 0.330 e. The van der Waals surface area contributed by atoms with E-state index in [9.17, 15) is 8.42 Å². The lowest BCUT2D eigenvalue weighted by Gasteiger charge is -2.34. The molecule has 1 rings (SSSR count). The maximum atomic E-state index is 12.4. The molecule has 108 valence electrons. The Morgan fingerprint density at radius 2 is 2.17 bits per heavy atom. The van der Waals surface area contributed by atoms with Crippen molar-refractivity contribution in [3.63, 3.8) is 0 Å². The van der Waals surface area contributed by atoms with Crippen LogP contribution in [0.2, 0.25) is 0 Å². The number of piperidine rings is 1. The molecule has 0 aliphatic carbocycles. The Kier molecular flexibility index (Phi) is 6.55. The van der Waals surface area contributed by atoms with Gasteiger partial charge >= 0.3 is 0 Å². The topological polar surface area (TPSA) is 66.6 Å². The summed E-state index contributed by atoms with van der Waals surface area (Å²) in [6, 6.07) is 0. The molecule has 0 aromatic carbocycles. The van der Waals surface area contributed by atoms with Crippen LogP contribution in [0.3, 0.4) is 0 Å². The minimum Gasteiger partial charge on any atom is -0.330 e. The van der Waals surface area contributed by atoms with Gasteiger partial charge in [-0.05, 0) is 38.1 Å². The fourth-order valence-corrected chi connectivity index (χ4v) is 3.91. The fourth-order valence-electron chi connectivity index (χ4n) is 2.40. The van der Waals surface area contributed by atoms with Gasteiger partial charge in [0.05, 0.1) is 0 Å². The average Bonchev–Trinajstić information content (AvgIpc) is 2.36. The molecule has 2 N–H and O–H groups in total. The summed E-state index contributed by atoms with van der Waals surface area (Å²) in [4.78, 5) is 0.